The first-order chi connectivity index (χ1) is 17.1. The molecular weight excluding hydrogens is 456 g/mol. The number of para-hydroxylation sites is 1. The molecule has 0 aromatic heterocycles. The van der Waals surface area contributed by atoms with Crippen molar-refractivity contribution in [1.29, 1.82) is 0 Å². The molecule has 3 N–H and O–H groups in total. The van der Waals surface area contributed by atoms with Crippen molar-refractivity contribution in [3.05, 3.63) is 64.7 Å². The molecule has 1 spiro atoms. The quantitative estimate of drug-likeness (QED) is 0.617. The van der Waals surface area contributed by atoms with Crippen LogP contribution in [0, 0.1) is 5.92 Å². The van der Waals surface area contributed by atoms with Crippen LogP contribution in [0.3, 0.4) is 0 Å². The zero-order chi connectivity index (χ0) is 25.4. The molecule has 2 aromatic carbocycles. The first-order valence-corrected chi connectivity index (χ1v) is 12.6. The van der Waals surface area contributed by atoms with Crippen molar-refractivity contribution in [3.8, 4) is 0 Å². The number of hydrogen-bond donors (Lipinski definition) is 3. The second kappa shape index (κ2) is 7.66. The van der Waals surface area contributed by atoms with Gasteiger partial charge in [-0.15, -0.1) is 0 Å². The van der Waals surface area contributed by atoms with E-state index in [0.29, 0.717) is 30.6 Å². The van der Waals surface area contributed by atoms with Gasteiger partial charge >= 0.3 is 0 Å². The lowest BCUT2D eigenvalue weighted by molar-refractivity contribution is -0.133. The first kappa shape index (κ1) is 22.8. The summed E-state index contributed by atoms with van der Waals surface area (Å²) in [6.07, 6.45) is 1.29. The molecule has 1 saturated carbocycles. The molecule has 6 rings (SSSR count). The topological polar surface area (TPSA) is 108 Å². The molecule has 3 heterocycles. The maximum atomic E-state index is 13.6. The van der Waals surface area contributed by atoms with Crippen molar-refractivity contribution in [2.24, 2.45) is 5.92 Å². The van der Waals surface area contributed by atoms with E-state index in [4.69, 9.17) is 0 Å². The predicted molar refractivity (Wildman–Crippen MR) is 134 cm³/mol. The van der Waals surface area contributed by atoms with Gasteiger partial charge in [-0.25, -0.2) is 0 Å². The molecule has 4 aliphatic rings. The summed E-state index contributed by atoms with van der Waals surface area (Å²) in [5.41, 5.74) is 2.42. The third-order valence-corrected chi connectivity index (χ3v) is 8.56. The second-order valence-corrected chi connectivity index (χ2v) is 11.2. The van der Waals surface area contributed by atoms with Crippen molar-refractivity contribution < 1.29 is 19.2 Å². The van der Waals surface area contributed by atoms with Crippen LogP contribution in [0.5, 0.6) is 0 Å². The summed E-state index contributed by atoms with van der Waals surface area (Å²) in [5, 5.41) is 9.02. The number of rotatable bonds is 4. The second-order valence-electron chi connectivity index (χ2n) is 11.2. The SMILES string of the molecule is CCC(C)(C)NC(=O)c1ccc2c(c1)C1CN(C(=O)[C@H]3C[C@@]34C(=O)Nc3ccccc34)CC1NC2=O. The molecule has 36 heavy (non-hydrogen) atoms. The van der Waals surface area contributed by atoms with E-state index < -0.39 is 11.3 Å². The van der Waals surface area contributed by atoms with Crippen molar-refractivity contribution >= 4 is 29.3 Å². The lowest BCUT2D eigenvalue weighted by Gasteiger charge is -2.29. The molecule has 3 aliphatic heterocycles. The predicted octanol–water partition coefficient (Wildman–Crippen LogP) is 2.55. The van der Waals surface area contributed by atoms with Crippen molar-refractivity contribution in [1.82, 2.24) is 15.5 Å². The van der Waals surface area contributed by atoms with Gasteiger partial charge in [-0.1, -0.05) is 25.1 Å². The van der Waals surface area contributed by atoms with Gasteiger partial charge in [-0.05, 0) is 62.1 Å². The Hall–Kier alpha value is -3.68. The standard InChI is InChI=1S/C28H30N4O4/c1-4-27(2,3)31-23(33)15-9-10-16-17(11-15)18-13-32(14-22(18)29-24(16)34)25(35)20-12-28(20)19-7-5-6-8-21(19)30-26(28)36/h5-11,18,20,22H,4,12-14H2,1-3H3,(H,29,34)(H,30,36)(H,31,33)/t18?,20-,22?,28+/m1/s1. The number of hydrogen-bond acceptors (Lipinski definition) is 4. The Kier molecular flexibility index (Phi) is 4.84. The smallest absolute Gasteiger partial charge is 0.251 e. The molecule has 186 valence electrons. The molecule has 4 atom stereocenters. The van der Waals surface area contributed by atoms with E-state index in [1.54, 1.807) is 23.1 Å². The minimum absolute atomic E-state index is 0.0503. The molecule has 8 nitrogen and oxygen atoms in total. The van der Waals surface area contributed by atoms with Crippen LogP contribution < -0.4 is 16.0 Å². The summed E-state index contributed by atoms with van der Waals surface area (Å²) in [6.45, 7) is 6.80. The number of fused-ring (bicyclic) bond motifs is 5. The lowest BCUT2D eigenvalue weighted by Crippen LogP contribution is -2.45. The van der Waals surface area contributed by atoms with Crippen LogP contribution >= 0.6 is 0 Å². The van der Waals surface area contributed by atoms with Gasteiger partial charge in [0.05, 0.1) is 17.4 Å². The number of nitrogens with one attached hydrogen (secondary N) is 3. The van der Waals surface area contributed by atoms with Crippen LogP contribution in [-0.2, 0) is 15.0 Å². The van der Waals surface area contributed by atoms with Crippen LogP contribution in [0.4, 0.5) is 5.69 Å². The Morgan fingerprint density at radius 3 is 2.69 bits per heavy atom. The fraction of sp³-hybridized carbons (Fsp3) is 0.429. The zero-order valence-corrected chi connectivity index (χ0v) is 20.7. The Balaban J connectivity index is 1.24. The number of carbonyl (C=O) groups excluding carboxylic acids is 4. The summed E-state index contributed by atoms with van der Waals surface area (Å²) in [5.74, 6) is -1.02. The van der Waals surface area contributed by atoms with E-state index >= 15 is 0 Å². The van der Waals surface area contributed by atoms with Crippen LogP contribution in [-0.4, -0.2) is 53.2 Å². The monoisotopic (exact) mass is 486 g/mol. The number of likely N-dealkylation sites (tertiary alicyclic amines) is 1. The molecule has 0 radical (unpaired) electrons. The van der Waals surface area contributed by atoms with E-state index in [-0.39, 0.29) is 41.1 Å². The summed E-state index contributed by atoms with van der Waals surface area (Å²) in [6, 6.07) is 12.5. The van der Waals surface area contributed by atoms with Gasteiger partial charge in [0.15, 0.2) is 0 Å². The molecular formula is C28H30N4O4. The molecule has 8 heteroatoms. The summed E-state index contributed by atoms with van der Waals surface area (Å²) >= 11 is 0. The maximum Gasteiger partial charge on any atom is 0.251 e. The highest BCUT2D eigenvalue weighted by molar-refractivity contribution is 6.12. The fourth-order valence-electron chi connectivity index (χ4n) is 6.04. The fourth-order valence-corrected chi connectivity index (χ4v) is 6.04. The van der Waals surface area contributed by atoms with Crippen molar-refractivity contribution in [2.75, 3.05) is 18.4 Å². The van der Waals surface area contributed by atoms with Crippen molar-refractivity contribution in [3.63, 3.8) is 0 Å². The molecule has 1 aliphatic carbocycles. The highest BCUT2D eigenvalue weighted by Crippen LogP contribution is 2.60. The van der Waals surface area contributed by atoms with Crippen molar-refractivity contribution in [2.45, 2.75) is 56.5 Å². The van der Waals surface area contributed by atoms with Gasteiger partial charge in [0.25, 0.3) is 11.8 Å². The maximum absolute atomic E-state index is 13.6. The lowest BCUT2D eigenvalue weighted by atomic mass is 9.85. The van der Waals surface area contributed by atoms with Gasteiger partial charge in [0, 0.05) is 41.4 Å². The highest BCUT2D eigenvalue weighted by atomic mass is 16.2. The molecule has 1 saturated heterocycles. The number of carbonyl (C=O) groups is 4. The molecule has 2 unspecified atom stereocenters. The highest BCUT2D eigenvalue weighted by Gasteiger charge is 2.68. The summed E-state index contributed by atoms with van der Waals surface area (Å²) in [4.78, 5) is 54.0. The van der Waals surface area contributed by atoms with Gasteiger partial charge in [-0.3, -0.25) is 19.2 Å². The van der Waals surface area contributed by atoms with E-state index in [2.05, 4.69) is 16.0 Å². The van der Waals surface area contributed by atoms with Crippen LogP contribution in [0.25, 0.3) is 0 Å². The third-order valence-electron chi connectivity index (χ3n) is 8.56. The Morgan fingerprint density at radius 1 is 1.14 bits per heavy atom. The number of amides is 4. The Morgan fingerprint density at radius 2 is 1.92 bits per heavy atom. The number of nitrogens with zero attached hydrogens (tertiary/aromatic N) is 1. The minimum atomic E-state index is -0.778. The van der Waals surface area contributed by atoms with Gasteiger partial charge in [0.2, 0.25) is 11.8 Å². The van der Waals surface area contributed by atoms with E-state index in [9.17, 15) is 19.2 Å². The average Bonchev–Trinajstić information content (AvgIpc) is 3.37. The molecule has 2 fully saturated rings. The molecule has 4 amide bonds. The molecule has 2 aromatic rings. The normalized spacial score (nSPS) is 27.6. The number of anilines is 1. The van der Waals surface area contributed by atoms with Gasteiger partial charge in [0.1, 0.15) is 0 Å². The van der Waals surface area contributed by atoms with Gasteiger partial charge in [-0.2, -0.15) is 0 Å². The van der Waals surface area contributed by atoms with Gasteiger partial charge < -0.3 is 20.9 Å². The van der Waals surface area contributed by atoms with Crippen LogP contribution in [0.15, 0.2) is 42.5 Å². The summed E-state index contributed by atoms with van der Waals surface area (Å²) in [7, 11) is 0. The van der Waals surface area contributed by atoms with Crippen LogP contribution in [0.1, 0.15) is 71.4 Å². The average molecular weight is 487 g/mol. The van der Waals surface area contributed by atoms with E-state index in [0.717, 1.165) is 23.2 Å². The third kappa shape index (κ3) is 3.27. The zero-order valence-electron chi connectivity index (χ0n) is 20.7. The minimum Gasteiger partial charge on any atom is -0.347 e. The van der Waals surface area contributed by atoms with E-state index in [1.165, 1.54) is 0 Å². The van der Waals surface area contributed by atoms with E-state index in [1.807, 2.05) is 45.0 Å². The first-order valence-electron chi connectivity index (χ1n) is 12.6. The Labute approximate surface area is 209 Å². The molecule has 0 bridgehead atoms. The largest absolute Gasteiger partial charge is 0.347 e. The number of benzene rings is 2. The Bertz CT molecular complexity index is 1330. The van der Waals surface area contributed by atoms with Crippen LogP contribution in [0.2, 0.25) is 0 Å². The summed E-state index contributed by atoms with van der Waals surface area (Å²) < 4.78 is 0.